The summed E-state index contributed by atoms with van der Waals surface area (Å²) in [5.41, 5.74) is 7.83. The van der Waals surface area contributed by atoms with Gasteiger partial charge in [-0.3, -0.25) is 4.68 Å². The van der Waals surface area contributed by atoms with Crippen LogP contribution in [0.15, 0.2) is 11.1 Å². The van der Waals surface area contributed by atoms with Crippen molar-refractivity contribution >= 4 is 5.96 Å². The van der Waals surface area contributed by atoms with Crippen molar-refractivity contribution in [2.24, 2.45) is 17.8 Å². The summed E-state index contributed by atoms with van der Waals surface area (Å²) in [6.07, 6.45) is 1.03. The molecule has 1 heterocycles. The van der Waals surface area contributed by atoms with Crippen LogP contribution in [0.2, 0.25) is 0 Å². The summed E-state index contributed by atoms with van der Waals surface area (Å²) in [6, 6.07) is 2.37. The van der Waals surface area contributed by atoms with Gasteiger partial charge in [0, 0.05) is 13.1 Å². The fraction of sp³-hybridized carbons (Fsp3) is 0.636. The minimum Gasteiger partial charge on any atom is -0.370 e. The van der Waals surface area contributed by atoms with E-state index in [-0.39, 0.29) is 0 Å². The topological polar surface area (TPSA) is 68.2 Å². The van der Waals surface area contributed by atoms with Crippen LogP contribution in [0.5, 0.6) is 0 Å². The van der Waals surface area contributed by atoms with Gasteiger partial charge in [-0.15, -0.1) is 0 Å². The Morgan fingerprint density at radius 1 is 1.69 bits per heavy atom. The third-order valence-electron chi connectivity index (χ3n) is 2.52. The lowest BCUT2D eigenvalue weighted by Crippen LogP contribution is -2.38. The standard InChI is InChI=1S/C11H21N5/c1-5-8(2)14-11(12)13-7-10-6-9(3)15-16(10)4/h6,8H,5,7H2,1-4H3,(H3,12,13,14). The maximum Gasteiger partial charge on any atom is 0.189 e. The van der Waals surface area contributed by atoms with E-state index in [0.717, 1.165) is 17.8 Å². The van der Waals surface area contributed by atoms with Gasteiger partial charge in [0.05, 0.1) is 17.9 Å². The molecule has 0 radical (unpaired) electrons. The SMILES string of the molecule is CCC(C)NC(N)=NCc1cc(C)nn1C. The van der Waals surface area contributed by atoms with Gasteiger partial charge in [0.2, 0.25) is 0 Å². The molecule has 0 amide bonds. The van der Waals surface area contributed by atoms with Crippen molar-refractivity contribution in [3.63, 3.8) is 0 Å². The molecule has 0 aliphatic rings. The van der Waals surface area contributed by atoms with Gasteiger partial charge < -0.3 is 11.1 Å². The fourth-order valence-corrected chi connectivity index (χ4v) is 1.38. The van der Waals surface area contributed by atoms with Crippen LogP contribution in [0, 0.1) is 6.92 Å². The second-order valence-corrected chi connectivity index (χ2v) is 4.06. The Balaban J connectivity index is 2.55. The number of guanidine groups is 1. The summed E-state index contributed by atoms with van der Waals surface area (Å²) >= 11 is 0. The minimum absolute atomic E-state index is 0.358. The summed E-state index contributed by atoms with van der Waals surface area (Å²) in [7, 11) is 1.91. The molecule has 1 aromatic heterocycles. The van der Waals surface area contributed by atoms with Crippen molar-refractivity contribution in [2.45, 2.75) is 39.8 Å². The zero-order valence-corrected chi connectivity index (χ0v) is 10.5. The number of nitrogens with two attached hydrogens (primary N) is 1. The van der Waals surface area contributed by atoms with E-state index in [9.17, 15) is 0 Å². The number of nitrogens with zero attached hydrogens (tertiary/aromatic N) is 3. The predicted molar refractivity (Wildman–Crippen MR) is 66.2 cm³/mol. The second-order valence-electron chi connectivity index (χ2n) is 4.06. The van der Waals surface area contributed by atoms with E-state index < -0.39 is 0 Å². The molecule has 1 rings (SSSR count). The van der Waals surface area contributed by atoms with E-state index in [1.54, 1.807) is 0 Å². The molecule has 3 N–H and O–H groups in total. The van der Waals surface area contributed by atoms with E-state index in [1.165, 1.54) is 0 Å². The molecular formula is C11H21N5. The first-order valence-electron chi connectivity index (χ1n) is 5.59. The molecule has 0 spiro atoms. The van der Waals surface area contributed by atoms with E-state index in [2.05, 4.69) is 29.3 Å². The number of aliphatic imine (C=N–C) groups is 1. The average Bonchev–Trinajstić information content (AvgIpc) is 2.54. The number of hydrogen-bond donors (Lipinski definition) is 2. The van der Waals surface area contributed by atoms with Gasteiger partial charge in [-0.25, -0.2) is 4.99 Å². The number of nitrogens with one attached hydrogen (secondary N) is 1. The quantitative estimate of drug-likeness (QED) is 0.589. The summed E-state index contributed by atoms with van der Waals surface area (Å²) in [6.45, 7) is 6.71. The van der Waals surface area contributed by atoms with Crippen LogP contribution in [0.25, 0.3) is 0 Å². The van der Waals surface area contributed by atoms with Crippen LogP contribution >= 0.6 is 0 Å². The summed E-state index contributed by atoms with van der Waals surface area (Å²) in [5, 5.41) is 7.38. The van der Waals surface area contributed by atoms with Gasteiger partial charge in [0.25, 0.3) is 0 Å². The highest BCUT2D eigenvalue weighted by Gasteiger charge is 2.02. The third-order valence-corrected chi connectivity index (χ3v) is 2.52. The van der Waals surface area contributed by atoms with Gasteiger partial charge in [-0.05, 0) is 26.3 Å². The number of aromatic nitrogens is 2. The summed E-state index contributed by atoms with van der Waals surface area (Å²) < 4.78 is 1.83. The van der Waals surface area contributed by atoms with Crippen LogP contribution in [0.1, 0.15) is 31.7 Å². The first-order valence-corrected chi connectivity index (χ1v) is 5.59. The second kappa shape index (κ2) is 5.53. The van der Waals surface area contributed by atoms with Crippen molar-refractivity contribution in [2.75, 3.05) is 0 Å². The Morgan fingerprint density at radius 2 is 2.38 bits per heavy atom. The lowest BCUT2D eigenvalue weighted by molar-refractivity contribution is 0.634. The Labute approximate surface area is 96.7 Å². The Kier molecular flexibility index (Phi) is 4.34. The number of aryl methyl sites for hydroxylation is 2. The molecule has 1 unspecified atom stereocenters. The molecule has 0 aliphatic carbocycles. The smallest absolute Gasteiger partial charge is 0.189 e. The molecular weight excluding hydrogens is 202 g/mol. The van der Waals surface area contributed by atoms with Crippen LogP contribution in [0.4, 0.5) is 0 Å². The van der Waals surface area contributed by atoms with Crippen LogP contribution in [0.3, 0.4) is 0 Å². The molecule has 1 atom stereocenters. The van der Waals surface area contributed by atoms with Gasteiger partial charge in [0.1, 0.15) is 0 Å². The lowest BCUT2D eigenvalue weighted by Gasteiger charge is -2.11. The van der Waals surface area contributed by atoms with Crippen molar-refractivity contribution in [3.8, 4) is 0 Å². The average molecular weight is 223 g/mol. The monoisotopic (exact) mass is 223 g/mol. The van der Waals surface area contributed by atoms with Crippen molar-refractivity contribution in [3.05, 3.63) is 17.5 Å². The van der Waals surface area contributed by atoms with Crippen LogP contribution in [-0.4, -0.2) is 21.8 Å². The number of rotatable bonds is 4. The molecule has 90 valence electrons. The molecule has 0 bridgehead atoms. The highest BCUT2D eigenvalue weighted by atomic mass is 15.3. The van der Waals surface area contributed by atoms with Crippen LogP contribution in [-0.2, 0) is 13.6 Å². The number of hydrogen-bond acceptors (Lipinski definition) is 2. The lowest BCUT2D eigenvalue weighted by atomic mass is 10.3. The van der Waals surface area contributed by atoms with E-state index >= 15 is 0 Å². The first kappa shape index (κ1) is 12.5. The highest BCUT2D eigenvalue weighted by Crippen LogP contribution is 2.02. The molecule has 0 saturated carbocycles. The van der Waals surface area contributed by atoms with Crippen molar-refractivity contribution in [1.82, 2.24) is 15.1 Å². The van der Waals surface area contributed by atoms with Gasteiger partial charge in [-0.1, -0.05) is 6.92 Å². The van der Waals surface area contributed by atoms with E-state index in [0.29, 0.717) is 18.5 Å². The van der Waals surface area contributed by atoms with E-state index in [4.69, 9.17) is 5.73 Å². The molecule has 5 nitrogen and oxygen atoms in total. The molecule has 0 fully saturated rings. The minimum atomic E-state index is 0.358. The van der Waals surface area contributed by atoms with E-state index in [1.807, 2.05) is 24.7 Å². The van der Waals surface area contributed by atoms with Crippen molar-refractivity contribution in [1.29, 1.82) is 0 Å². The summed E-state index contributed by atoms with van der Waals surface area (Å²) in [4.78, 5) is 4.28. The Hall–Kier alpha value is -1.52. The largest absolute Gasteiger partial charge is 0.370 e. The molecule has 16 heavy (non-hydrogen) atoms. The van der Waals surface area contributed by atoms with Gasteiger partial charge in [0.15, 0.2) is 5.96 Å². The third kappa shape index (κ3) is 3.56. The van der Waals surface area contributed by atoms with Gasteiger partial charge in [-0.2, -0.15) is 5.10 Å². The zero-order chi connectivity index (χ0) is 12.1. The highest BCUT2D eigenvalue weighted by molar-refractivity contribution is 5.78. The van der Waals surface area contributed by atoms with Gasteiger partial charge >= 0.3 is 0 Å². The molecule has 1 aromatic rings. The maximum atomic E-state index is 5.76. The fourth-order valence-electron chi connectivity index (χ4n) is 1.38. The first-order chi connectivity index (χ1) is 7.52. The Bertz CT molecular complexity index is 366. The molecule has 5 heteroatoms. The summed E-state index contributed by atoms with van der Waals surface area (Å²) in [5.74, 6) is 0.494. The normalized spacial score (nSPS) is 13.9. The van der Waals surface area contributed by atoms with Crippen LogP contribution < -0.4 is 11.1 Å². The Morgan fingerprint density at radius 3 is 2.88 bits per heavy atom. The zero-order valence-electron chi connectivity index (χ0n) is 10.5. The predicted octanol–water partition coefficient (Wildman–Crippen LogP) is 0.931. The molecule has 0 aromatic carbocycles. The maximum absolute atomic E-state index is 5.76. The molecule has 0 aliphatic heterocycles. The van der Waals surface area contributed by atoms with Crippen molar-refractivity contribution < 1.29 is 0 Å². The molecule has 0 saturated heterocycles.